The summed E-state index contributed by atoms with van der Waals surface area (Å²) in [7, 11) is 1.26. The molecule has 0 bridgehead atoms. The number of anilines is 1. The number of benzene rings is 1. The molecule has 7 nitrogen and oxygen atoms in total. The Hall–Kier alpha value is -3.17. The van der Waals surface area contributed by atoms with Gasteiger partial charge in [0.2, 0.25) is 5.95 Å². The maximum Gasteiger partial charge on any atom is 0.435 e. The van der Waals surface area contributed by atoms with Gasteiger partial charge >= 0.3 is 6.18 Å². The number of carbonyl (C=O) groups excluding carboxylic acids is 1. The lowest BCUT2D eigenvalue weighted by Crippen LogP contribution is -2.17. The van der Waals surface area contributed by atoms with Gasteiger partial charge in [0, 0.05) is 13.1 Å². The Balaban J connectivity index is 1.72. The average Bonchev–Trinajstić information content (AvgIpc) is 3.16. The zero-order valence-corrected chi connectivity index (χ0v) is 13.9. The third-order valence-corrected chi connectivity index (χ3v) is 3.76. The molecule has 10 heteroatoms. The summed E-state index contributed by atoms with van der Waals surface area (Å²) >= 11 is 0. The van der Waals surface area contributed by atoms with E-state index < -0.39 is 17.8 Å². The van der Waals surface area contributed by atoms with E-state index in [2.05, 4.69) is 20.5 Å². The van der Waals surface area contributed by atoms with Crippen molar-refractivity contribution in [2.24, 2.45) is 7.05 Å². The molecule has 3 rings (SSSR count). The highest BCUT2D eigenvalue weighted by Gasteiger charge is 2.35. The molecule has 0 aliphatic carbocycles. The Kier molecular flexibility index (Phi) is 4.49. The van der Waals surface area contributed by atoms with E-state index in [-0.39, 0.29) is 11.6 Å². The van der Waals surface area contributed by atoms with Crippen LogP contribution in [-0.4, -0.2) is 30.5 Å². The van der Waals surface area contributed by atoms with E-state index in [9.17, 15) is 18.0 Å². The van der Waals surface area contributed by atoms with Crippen LogP contribution in [0.5, 0.6) is 0 Å². The highest BCUT2D eigenvalue weighted by molar-refractivity contribution is 6.02. The highest BCUT2D eigenvalue weighted by atomic mass is 19.4. The van der Waals surface area contributed by atoms with Gasteiger partial charge in [-0.2, -0.15) is 18.3 Å². The number of halogens is 3. The molecule has 0 unspecified atom stereocenters. The lowest BCUT2D eigenvalue weighted by Gasteiger charge is -2.04. The second-order valence-corrected chi connectivity index (χ2v) is 5.68. The summed E-state index contributed by atoms with van der Waals surface area (Å²) in [5.74, 6) is -0.775. The molecule has 0 saturated heterocycles. The molecule has 3 aromatic rings. The van der Waals surface area contributed by atoms with Crippen LogP contribution in [0.4, 0.5) is 19.1 Å². The van der Waals surface area contributed by atoms with Crippen molar-refractivity contribution in [3.8, 4) is 0 Å². The quantitative estimate of drug-likeness (QED) is 0.772. The molecule has 136 valence electrons. The van der Waals surface area contributed by atoms with Crippen LogP contribution in [0.3, 0.4) is 0 Å². The molecule has 0 aliphatic heterocycles. The van der Waals surface area contributed by atoms with Crippen molar-refractivity contribution in [3.05, 3.63) is 59.2 Å². The van der Waals surface area contributed by atoms with Crippen molar-refractivity contribution in [2.75, 3.05) is 5.32 Å². The summed E-state index contributed by atoms with van der Waals surface area (Å²) in [6.45, 7) is 2.43. The number of amides is 1. The van der Waals surface area contributed by atoms with Gasteiger partial charge in [0.25, 0.3) is 5.91 Å². The minimum absolute atomic E-state index is 0.00153. The molecule has 1 amide bonds. The number of hydrogen-bond donors (Lipinski definition) is 1. The Labute approximate surface area is 146 Å². The fourth-order valence-electron chi connectivity index (χ4n) is 2.37. The second-order valence-electron chi connectivity index (χ2n) is 5.68. The highest BCUT2D eigenvalue weighted by Crippen LogP contribution is 2.28. The second kappa shape index (κ2) is 6.62. The first kappa shape index (κ1) is 17.6. The first-order chi connectivity index (χ1) is 12.2. The van der Waals surface area contributed by atoms with E-state index in [1.807, 2.05) is 31.2 Å². The smallest absolute Gasteiger partial charge is 0.288 e. The Morgan fingerprint density at radius 2 is 1.96 bits per heavy atom. The van der Waals surface area contributed by atoms with Crippen LogP contribution in [0, 0.1) is 6.92 Å². The number of nitrogens with one attached hydrogen (secondary N) is 1. The monoisotopic (exact) mass is 364 g/mol. The van der Waals surface area contributed by atoms with E-state index >= 15 is 0 Å². The zero-order valence-electron chi connectivity index (χ0n) is 13.9. The topological polar surface area (TPSA) is 77.6 Å². The lowest BCUT2D eigenvalue weighted by atomic mass is 10.1. The molecule has 2 heterocycles. The molecular formula is C16H15F3N6O. The van der Waals surface area contributed by atoms with Crippen LogP contribution in [0.25, 0.3) is 0 Å². The van der Waals surface area contributed by atoms with Gasteiger partial charge in [-0.25, -0.2) is 9.67 Å². The molecule has 0 spiro atoms. The van der Waals surface area contributed by atoms with Crippen molar-refractivity contribution in [1.29, 1.82) is 0 Å². The summed E-state index contributed by atoms with van der Waals surface area (Å²) in [6, 6.07) is 8.43. The molecule has 0 aliphatic rings. The van der Waals surface area contributed by atoms with Crippen LogP contribution in [0.2, 0.25) is 0 Å². The molecule has 0 radical (unpaired) electrons. The largest absolute Gasteiger partial charge is 0.435 e. The number of aromatic nitrogens is 5. The Morgan fingerprint density at radius 1 is 1.23 bits per heavy atom. The summed E-state index contributed by atoms with van der Waals surface area (Å²) in [5.41, 5.74) is 0.746. The molecule has 0 saturated carbocycles. The number of aryl methyl sites for hydroxylation is 2. The van der Waals surface area contributed by atoms with Gasteiger partial charge in [0.1, 0.15) is 12.0 Å². The first-order valence-electron chi connectivity index (χ1n) is 7.60. The maximum atomic E-state index is 12.7. The normalized spacial score (nSPS) is 11.6. The molecular weight excluding hydrogens is 349 g/mol. The van der Waals surface area contributed by atoms with Crippen molar-refractivity contribution in [1.82, 2.24) is 24.5 Å². The number of alkyl halides is 3. The van der Waals surface area contributed by atoms with Gasteiger partial charge in [0.15, 0.2) is 5.69 Å². The number of rotatable bonds is 4. The van der Waals surface area contributed by atoms with Gasteiger partial charge in [0.05, 0.1) is 6.54 Å². The molecule has 1 N–H and O–H groups in total. The zero-order chi connectivity index (χ0) is 18.9. The van der Waals surface area contributed by atoms with Crippen LogP contribution >= 0.6 is 0 Å². The van der Waals surface area contributed by atoms with Crippen molar-refractivity contribution in [3.63, 3.8) is 0 Å². The fraction of sp³-hybridized carbons (Fsp3) is 0.250. The predicted octanol–water partition coefficient (Wildman–Crippen LogP) is 2.64. The van der Waals surface area contributed by atoms with Crippen LogP contribution < -0.4 is 5.32 Å². The van der Waals surface area contributed by atoms with Gasteiger partial charge in [-0.1, -0.05) is 24.3 Å². The van der Waals surface area contributed by atoms with E-state index in [0.29, 0.717) is 12.6 Å². The predicted molar refractivity (Wildman–Crippen MR) is 86.5 cm³/mol. The number of hydrogen-bond acceptors (Lipinski definition) is 4. The van der Waals surface area contributed by atoms with Gasteiger partial charge in [-0.05, 0) is 18.1 Å². The van der Waals surface area contributed by atoms with Crippen LogP contribution in [0.15, 0.2) is 36.7 Å². The molecule has 1 aromatic carbocycles. The molecule has 0 atom stereocenters. The third-order valence-electron chi connectivity index (χ3n) is 3.76. The molecule has 0 fully saturated rings. The van der Waals surface area contributed by atoms with E-state index in [1.165, 1.54) is 18.1 Å². The van der Waals surface area contributed by atoms with Crippen LogP contribution in [0.1, 0.15) is 27.3 Å². The minimum atomic E-state index is -4.62. The van der Waals surface area contributed by atoms with Gasteiger partial charge < -0.3 is 0 Å². The van der Waals surface area contributed by atoms with Crippen LogP contribution in [-0.2, 0) is 19.8 Å². The summed E-state index contributed by atoms with van der Waals surface area (Å²) < 4.78 is 40.4. The Bertz CT molecular complexity index is 944. The van der Waals surface area contributed by atoms with Crippen molar-refractivity contribution < 1.29 is 18.0 Å². The summed E-state index contributed by atoms with van der Waals surface area (Å²) in [5, 5.41) is 9.79. The van der Waals surface area contributed by atoms with Gasteiger partial charge in [-0.3, -0.25) is 14.8 Å². The molecule has 2 aromatic heterocycles. The van der Waals surface area contributed by atoms with E-state index in [1.54, 1.807) is 0 Å². The average molecular weight is 364 g/mol. The molecule has 26 heavy (non-hydrogen) atoms. The summed E-state index contributed by atoms with van der Waals surface area (Å²) in [4.78, 5) is 16.1. The van der Waals surface area contributed by atoms with E-state index in [0.717, 1.165) is 15.8 Å². The van der Waals surface area contributed by atoms with Crippen molar-refractivity contribution in [2.45, 2.75) is 19.6 Å². The van der Waals surface area contributed by atoms with E-state index in [4.69, 9.17) is 0 Å². The SMILES string of the molecule is Cc1ccccc1Cn1cnc(NC(=O)c2cc(C(F)(F)F)nn2C)n1. The third kappa shape index (κ3) is 3.73. The fourth-order valence-corrected chi connectivity index (χ4v) is 2.37. The first-order valence-corrected chi connectivity index (χ1v) is 7.60. The number of carbonyl (C=O) groups is 1. The number of nitrogens with zero attached hydrogens (tertiary/aromatic N) is 5. The standard InChI is InChI=1S/C16H15F3N6O/c1-10-5-3-4-6-11(10)8-25-9-20-15(23-25)21-14(26)12-7-13(16(17,18)19)22-24(12)2/h3-7,9H,8H2,1-2H3,(H,21,23,26). The Morgan fingerprint density at radius 3 is 2.62 bits per heavy atom. The summed E-state index contributed by atoms with van der Waals surface area (Å²) in [6.07, 6.45) is -3.18. The maximum absolute atomic E-state index is 12.7. The van der Waals surface area contributed by atoms with Crippen molar-refractivity contribution >= 4 is 11.9 Å². The lowest BCUT2D eigenvalue weighted by molar-refractivity contribution is -0.141. The minimum Gasteiger partial charge on any atom is -0.288 e. The van der Waals surface area contributed by atoms with Gasteiger partial charge in [-0.15, -0.1) is 5.10 Å².